The highest BCUT2D eigenvalue weighted by Crippen LogP contribution is 2.12. The third-order valence-corrected chi connectivity index (χ3v) is 3.25. The normalized spacial score (nSPS) is 10.8. The van der Waals surface area contributed by atoms with Crippen LogP contribution in [0, 0.1) is 0 Å². The largest absolute Gasteiger partial charge is 0.316 e. The zero-order chi connectivity index (χ0) is 13.5. The fourth-order valence-electron chi connectivity index (χ4n) is 2.08. The minimum Gasteiger partial charge on any atom is -0.316 e. The van der Waals surface area contributed by atoms with Gasteiger partial charge in [0.1, 0.15) is 0 Å². The Hall–Kier alpha value is -1.32. The molecule has 4 heteroatoms. The van der Waals surface area contributed by atoms with Crippen LogP contribution in [0.4, 0.5) is 0 Å². The summed E-state index contributed by atoms with van der Waals surface area (Å²) < 4.78 is 1.88. The number of hydrogen-bond donors (Lipinski definition) is 1. The maximum absolute atomic E-state index is 5.89. The van der Waals surface area contributed by atoms with Crippen molar-refractivity contribution >= 4 is 11.6 Å². The Kier molecular flexibility index (Phi) is 5.43. The van der Waals surface area contributed by atoms with E-state index in [1.54, 1.807) is 6.20 Å². The van der Waals surface area contributed by atoms with Gasteiger partial charge in [0, 0.05) is 6.20 Å². The molecule has 0 saturated heterocycles. The minimum atomic E-state index is 0.682. The summed E-state index contributed by atoms with van der Waals surface area (Å²) in [7, 11) is 0. The van der Waals surface area contributed by atoms with Crippen molar-refractivity contribution in [2.24, 2.45) is 0 Å². The van der Waals surface area contributed by atoms with Crippen LogP contribution < -0.4 is 5.32 Å². The summed E-state index contributed by atoms with van der Waals surface area (Å²) in [6.07, 6.45) is 5.75. The van der Waals surface area contributed by atoms with Crippen LogP contribution in [-0.2, 0) is 13.0 Å². The van der Waals surface area contributed by atoms with Gasteiger partial charge in [-0.25, -0.2) is 0 Å². The van der Waals surface area contributed by atoms with E-state index in [1.807, 2.05) is 10.9 Å². The van der Waals surface area contributed by atoms with Gasteiger partial charge in [0.15, 0.2) is 0 Å². The summed E-state index contributed by atoms with van der Waals surface area (Å²) >= 11 is 5.89. The van der Waals surface area contributed by atoms with Crippen molar-refractivity contribution in [1.29, 1.82) is 0 Å². The van der Waals surface area contributed by atoms with Gasteiger partial charge in [0.2, 0.25) is 0 Å². The average Bonchev–Trinajstić information content (AvgIpc) is 2.82. The van der Waals surface area contributed by atoms with E-state index in [0.29, 0.717) is 5.02 Å². The van der Waals surface area contributed by atoms with Crippen LogP contribution in [0.2, 0.25) is 5.02 Å². The molecule has 0 fully saturated rings. The second-order valence-electron chi connectivity index (χ2n) is 4.62. The van der Waals surface area contributed by atoms with Gasteiger partial charge in [0.05, 0.1) is 17.8 Å². The topological polar surface area (TPSA) is 29.9 Å². The monoisotopic (exact) mass is 277 g/mol. The van der Waals surface area contributed by atoms with Gasteiger partial charge in [-0.15, -0.1) is 0 Å². The van der Waals surface area contributed by atoms with Gasteiger partial charge in [0.25, 0.3) is 0 Å². The summed E-state index contributed by atoms with van der Waals surface area (Å²) in [4.78, 5) is 0. The number of halogens is 1. The molecular formula is C15H20ClN3. The van der Waals surface area contributed by atoms with E-state index in [2.05, 4.69) is 41.6 Å². The predicted molar refractivity (Wildman–Crippen MR) is 79.6 cm³/mol. The summed E-state index contributed by atoms with van der Waals surface area (Å²) in [5.41, 5.74) is 2.68. The SMILES string of the molecule is CCCNCCc1ccccc1Cn1cc(Cl)cn1. The molecule has 0 unspecified atom stereocenters. The Bertz CT molecular complexity index is 508. The lowest BCUT2D eigenvalue weighted by molar-refractivity contribution is 0.655. The Morgan fingerprint density at radius 1 is 1.21 bits per heavy atom. The molecule has 0 amide bonds. The number of aromatic nitrogens is 2. The molecule has 3 nitrogen and oxygen atoms in total. The van der Waals surface area contributed by atoms with E-state index in [4.69, 9.17) is 11.6 Å². The highest BCUT2D eigenvalue weighted by molar-refractivity contribution is 6.30. The molecule has 0 radical (unpaired) electrons. The molecule has 0 atom stereocenters. The number of benzene rings is 1. The van der Waals surface area contributed by atoms with E-state index >= 15 is 0 Å². The van der Waals surface area contributed by atoms with Crippen molar-refractivity contribution in [2.75, 3.05) is 13.1 Å². The van der Waals surface area contributed by atoms with Crippen LogP contribution in [-0.4, -0.2) is 22.9 Å². The smallest absolute Gasteiger partial charge is 0.0785 e. The molecule has 2 aromatic rings. The van der Waals surface area contributed by atoms with Crippen LogP contribution in [0.1, 0.15) is 24.5 Å². The number of nitrogens with one attached hydrogen (secondary N) is 1. The lowest BCUT2D eigenvalue weighted by Gasteiger charge is -2.10. The predicted octanol–water partition coefficient (Wildman–Crippen LogP) is 3.13. The van der Waals surface area contributed by atoms with E-state index in [-0.39, 0.29) is 0 Å². The molecule has 0 aliphatic carbocycles. The molecule has 2 rings (SSSR count). The zero-order valence-corrected chi connectivity index (χ0v) is 12.0. The van der Waals surface area contributed by atoms with Crippen molar-refractivity contribution in [3.05, 3.63) is 52.8 Å². The van der Waals surface area contributed by atoms with Crippen LogP contribution in [0.15, 0.2) is 36.7 Å². The van der Waals surface area contributed by atoms with Crippen molar-refractivity contribution in [2.45, 2.75) is 26.3 Å². The molecule has 1 N–H and O–H groups in total. The second-order valence-corrected chi connectivity index (χ2v) is 5.06. The number of nitrogens with zero attached hydrogens (tertiary/aromatic N) is 2. The third kappa shape index (κ3) is 4.37. The molecule has 1 heterocycles. The maximum Gasteiger partial charge on any atom is 0.0785 e. The quantitative estimate of drug-likeness (QED) is 0.788. The molecule has 102 valence electrons. The maximum atomic E-state index is 5.89. The lowest BCUT2D eigenvalue weighted by Crippen LogP contribution is -2.18. The lowest BCUT2D eigenvalue weighted by atomic mass is 10.0. The summed E-state index contributed by atoms with van der Waals surface area (Å²) in [5, 5.41) is 8.35. The zero-order valence-electron chi connectivity index (χ0n) is 11.3. The number of rotatable bonds is 7. The molecule has 0 spiro atoms. The Labute approximate surface area is 119 Å². The second kappa shape index (κ2) is 7.31. The summed E-state index contributed by atoms with van der Waals surface area (Å²) in [5.74, 6) is 0. The van der Waals surface area contributed by atoms with Crippen molar-refractivity contribution < 1.29 is 0 Å². The molecule has 0 aliphatic rings. The molecule has 0 bridgehead atoms. The van der Waals surface area contributed by atoms with Crippen LogP contribution in [0.25, 0.3) is 0 Å². The average molecular weight is 278 g/mol. The van der Waals surface area contributed by atoms with Gasteiger partial charge in [-0.05, 0) is 37.1 Å². The van der Waals surface area contributed by atoms with Crippen LogP contribution in [0.5, 0.6) is 0 Å². The van der Waals surface area contributed by atoms with Crippen molar-refractivity contribution in [3.63, 3.8) is 0 Å². The first-order chi connectivity index (χ1) is 9.29. The highest BCUT2D eigenvalue weighted by Gasteiger charge is 2.03. The van der Waals surface area contributed by atoms with Crippen molar-refractivity contribution in [1.82, 2.24) is 15.1 Å². The first kappa shape index (κ1) is 14.1. The Balaban J connectivity index is 1.99. The van der Waals surface area contributed by atoms with E-state index in [0.717, 1.165) is 26.1 Å². The van der Waals surface area contributed by atoms with Gasteiger partial charge in [-0.1, -0.05) is 42.8 Å². The molecule has 19 heavy (non-hydrogen) atoms. The van der Waals surface area contributed by atoms with Gasteiger partial charge >= 0.3 is 0 Å². The number of hydrogen-bond acceptors (Lipinski definition) is 2. The molecule has 0 aliphatic heterocycles. The van der Waals surface area contributed by atoms with E-state index in [1.165, 1.54) is 17.5 Å². The fraction of sp³-hybridized carbons (Fsp3) is 0.400. The standard InChI is InChI=1S/C15H20ClN3/c1-2-8-17-9-7-13-5-3-4-6-14(13)11-19-12-15(16)10-18-19/h3-6,10,12,17H,2,7-9,11H2,1H3. The molecule has 1 aromatic heterocycles. The van der Waals surface area contributed by atoms with E-state index in [9.17, 15) is 0 Å². The van der Waals surface area contributed by atoms with Crippen LogP contribution >= 0.6 is 11.6 Å². The molecule has 0 saturated carbocycles. The molecule has 1 aromatic carbocycles. The Morgan fingerprint density at radius 2 is 2.00 bits per heavy atom. The highest BCUT2D eigenvalue weighted by atomic mass is 35.5. The first-order valence-electron chi connectivity index (χ1n) is 6.75. The van der Waals surface area contributed by atoms with E-state index < -0.39 is 0 Å². The first-order valence-corrected chi connectivity index (χ1v) is 7.13. The third-order valence-electron chi connectivity index (χ3n) is 3.05. The van der Waals surface area contributed by atoms with Crippen molar-refractivity contribution in [3.8, 4) is 0 Å². The summed E-state index contributed by atoms with van der Waals surface area (Å²) in [6.45, 7) is 5.06. The Morgan fingerprint density at radius 3 is 2.68 bits per heavy atom. The minimum absolute atomic E-state index is 0.682. The molecular weight excluding hydrogens is 258 g/mol. The van der Waals surface area contributed by atoms with Gasteiger partial charge in [-0.2, -0.15) is 5.10 Å². The summed E-state index contributed by atoms with van der Waals surface area (Å²) in [6, 6.07) is 8.51. The van der Waals surface area contributed by atoms with Crippen LogP contribution in [0.3, 0.4) is 0 Å². The van der Waals surface area contributed by atoms with Gasteiger partial charge < -0.3 is 5.32 Å². The van der Waals surface area contributed by atoms with Gasteiger partial charge in [-0.3, -0.25) is 4.68 Å². The fourth-order valence-corrected chi connectivity index (χ4v) is 2.24.